The number of esters is 2. The Balaban J connectivity index is 0.000000732. The van der Waals surface area contributed by atoms with Gasteiger partial charge >= 0.3 is 11.9 Å². The lowest BCUT2D eigenvalue weighted by Crippen LogP contribution is -2.20. The van der Waals surface area contributed by atoms with Crippen LogP contribution in [-0.2, 0) is 38.4 Å². The number of hydrogen-bond acceptors (Lipinski definition) is 6. The van der Waals surface area contributed by atoms with Crippen molar-refractivity contribution in [3.63, 3.8) is 0 Å². The van der Waals surface area contributed by atoms with Gasteiger partial charge in [0.15, 0.2) is 0 Å². The molecule has 0 saturated carbocycles. The van der Waals surface area contributed by atoms with Crippen LogP contribution in [0.5, 0.6) is 0 Å². The zero-order chi connectivity index (χ0) is 42.8. The van der Waals surface area contributed by atoms with E-state index < -0.39 is 11.9 Å². The van der Waals surface area contributed by atoms with Crippen LogP contribution in [0.3, 0.4) is 0 Å². The standard InChI is InChI=1S/C15H23NO.C15H25N.C11H17N.C8H14O3/c1-5-6-7-13-8-9-14(12(4)10-13)16-15(17)11(2)3;1-5-6-7-14-8-9-15(13(4)10-14)16-11-12(2)3;1-3-4-5-10-6-7-11(12)9(2)8-10;1-5(2)7(9)11-8(10)6(3)4/h8-11H,5-7H2,1-4H3,(H,16,17);8-10,12,16H,5-7,11H2,1-4H3;6-8H,3-5,12H2,1-2H3;5-6H,1-4H3. The Labute approximate surface area is 342 Å². The van der Waals surface area contributed by atoms with Gasteiger partial charge in [-0.25, -0.2) is 0 Å². The molecule has 0 bridgehead atoms. The van der Waals surface area contributed by atoms with Crippen LogP contribution in [0.25, 0.3) is 0 Å². The molecule has 4 N–H and O–H groups in total. The molecule has 3 aromatic rings. The minimum Gasteiger partial charge on any atom is -0.399 e. The van der Waals surface area contributed by atoms with Gasteiger partial charge in [0, 0.05) is 29.5 Å². The molecule has 3 aromatic carbocycles. The minimum absolute atomic E-state index is 0.0224. The fraction of sp³-hybridized carbons (Fsp3) is 0.571. The van der Waals surface area contributed by atoms with Crippen molar-refractivity contribution in [3.8, 4) is 0 Å². The quantitative estimate of drug-likeness (QED) is 0.0759. The van der Waals surface area contributed by atoms with E-state index in [-0.39, 0.29) is 23.7 Å². The van der Waals surface area contributed by atoms with E-state index in [0.717, 1.165) is 29.9 Å². The normalized spacial score (nSPS) is 10.5. The Kier molecular flexibility index (Phi) is 27.0. The number of nitrogens with two attached hydrogens (primary N) is 1. The van der Waals surface area contributed by atoms with Crippen molar-refractivity contribution in [3.05, 3.63) is 88.0 Å². The molecule has 0 unspecified atom stereocenters. The zero-order valence-corrected chi connectivity index (χ0v) is 37.8. The summed E-state index contributed by atoms with van der Waals surface area (Å²) >= 11 is 0. The highest BCUT2D eigenvalue weighted by molar-refractivity contribution is 5.92. The van der Waals surface area contributed by atoms with Gasteiger partial charge in [-0.3, -0.25) is 14.4 Å². The van der Waals surface area contributed by atoms with Crippen LogP contribution in [-0.4, -0.2) is 24.4 Å². The van der Waals surface area contributed by atoms with E-state index in [1.807, 2.05) is 32.9 Å². The van der Waals surface area contributed by atoms with Gasteiger partial charge in [-0.05, 0) is 117 Å². The highest BCUT2D eigenvalue weighted by Crippen LogP contribution is 2.20. The number of hydrogen-bond donors (Lipinski definition) is 3. The van der Waals surface area contributed by atoms with Crippen molar-refractivity contribution in [2.45, 2.75) is 155 Å². The molecule has 314 valence electrons. The highest BCUT2D eigenvalue weighted by atomic mass is 16.6. The van der Waals surface area contributed by atoms with Gasteiger partial charge in [0.1, 0.15) is 0 Å². The molecule has 0 spiro atoms. The molecule has 0 aliphatic heterocycles. The van der Waals surface area contributed by atoms with Crippen LogP contribution in [0.15, 0.2) is 54.6 Å². The molecule has 0 aliphatic rings. The molecular formula is C49H79N3O4. The van der Waals surface area contributed by atoms with E-state index in [1.54, 1.807) is 27.7 Å². The van der Waals surface area contributed by atoms with Crippen LogP contribution in [0.4, 0.5) is 17.1 Å². The van der Waals surface area contributed by atoms with Crippen molar-refractivity contribution in [1.82, 2.24) is 0 Å². The summed E-state index contributed by atoms with van der Waals surface area (Å²) in [7, 11) is 0. The van der Waals surface area contributed by atoms with Gasteiger partial charge < -0.3 is 21.1 Å². The molecule has 3 rings (SSSR count). The number of aryl methyl sites for hydroxylation is 6. The van der Waals surface area contributed by atoms with Gasteiger partial charge in [0.25, 0.3) is 0 Å². The molecule has 0 atom stereocenters. The summed E-state index contributed by atoms with van der Waals surface area (Å²) in [6.45, 7) is 29.0. The lowest BCUT2D eigenvalue weighted by atomic mass is 10.0. The first kappa shape index (κ1) is 51.9. The summed E-state index contributed by atoms with van der Waals surface area (Å²) in [5.74, 6) is -0.592. The first-order chi connectivity index (χ1) is 26.4. The molecule has 0 saturated heterocycles. The van der Waals surface area contributed by atoms with E-state index in [2.05, 4.69) is 106 Å². The third-order valence-electron chi connectivity index (χ3n) is 9.00. The lowest BCUT2D eigenvalue weighted by Gasteiger charge is -2.12. The number of carbonyl (C=O) groups excluding carboxylic acids is 3. The summed E-state index contributed by atoms with van der Waals surface area (Å²) in [4.78, 5) is 33.2. The number of ether oxygens (including phenoxy) is 1. The second-order valence-electron chi connectivity index (χ2n) is 16.3. The number of carbonyl (C=O) groups is 3. The largest absolute Gasteiger partial charge is 0.399 e. The third-order valence-corrected chi connectivity index (χ3v) is 9.00. The topological polar surface area (TPSA) is 111 Å². The van der Waals surface area contributed by atoms with Crippen molar-refractivity contribution < 1.29 is 19.1 Å². The van der Waals surface area contributed by atoms with Crippen molar-refractivity contribution in [2.75, 3.05) is 22.9 Å². The molecule has 0 fully saturated rings. The second kappa shape index (κ2) is 29.2. The lowest BCUT2D eigenvalue weighted by molar-refractivity contribution is -0.164. The highest BCUT2D eigenvalue weighted by Gasteiger charge is 2.16. The SMILES string of the molecule is CC(C)C(=O)OC(=O)C(C)C.CCCCc1ccc(N)c(C)c1.CCCCc1ccc(NC(=O)C(C)C)c(C)c1.CCCCc1ccc(NCC(C)C)c(C)c1. The fourth-order valence-electron chi connectivity index (χ4n) is 5.06. The smallest absolute Gasteiger partial charge is 0.316 e. The van der Waals surface area contributed by atoms with Gasteiger partial charge in [-0.1, -0.05) is 132 Å². The molecule has 0 aliphatic carbocycles. The van der Waals surface area contributed by atoms with Crippen LogP contribution < -0.4 is 16.4 Å². The number of rotatable bonds is 16. The van der Waals surface area contributed by atoms with Crippen LogP contribution in [0, 0.1) is 44.4 Å². The average molecular weight is 774 g/mol. The Hall–Kier alpha value is -4.13. The van der Waals surface area contributed by atoms with Crippen molar-refractivity contribution >= 4 is 34.9 Å². The summed E-state index contributed by atoms with van der Waals surface area (Å²) < 4.78 is 4.50. The van der Waals surface area contributed by atoms with Crippen LogP contribution in [0.1, 0.15) is 148 Å². The number of unbranched alkanes of at least 4 members (excludes halogenated alkanes) is 3. The van der Waals surface area contributed by atoms with Gasteiger partial charge in [-0.15, -0.1) is 0 Å². The van der Waals surface area contributed by atoms with Crippen LogP contribution >= 0.6 is 0 Å². The maximum Gasteiger partial charge on any atom is 0.316 e. The van der Waals surface area contributed by atoms with E-state index in [9.17, 15) is 14.4 Å². The number of nitrogens with one attached hydrogen (secondary N) is 2. The van der Waals surface area contributed by atoms with Crippen molar-refractivity contribution in [2.24, 2.45) is 23.7 Å². The Morgan fingerprint density at radius 3 is 1.30 bits per heavy atom. The van der Waals surface area contributed by atoms with E-state index in [1.165, 1.54) is 84.9 Å². The first-order valence-corrected chi connectivity index (χ1v) is 21.2. The summed E-state index contributed by atoms with van der Waals surface area (Å²) in [6.07, 6.45) is 11.0. The average Bonchev–Trinajstić information content (AvgIpc) is 3.14. The minimum atomic E-state index is -0.455. The predicted molar refractivity (Wildman–Crippen MR) is 241 cm³/mol. The molecular weight excluding hydrogens is 695 g/mol. The number of nitrogen functional groups attached to an aromatic ring is 1. The number of benzene rings is 3. The molecule has 0 aromatic heterocycles. The zero-order valence-electron chi connectivity index (χ0n) is 37.8. The monoisotopic (exact) mass is 774 g/mol. The van der Waals surface area contributed by atoms with Gasteiger partial charge in [0.05, 0.1) is 11.8 Å². The molecule has 7 heteroatoms. The van der Waals surface area contributed by atoms with Crippen LogP contribution in [0.2, 0.25) is 0 Å². The maximum atomic E-state index is 11.6. The number of amides is 1. The molecule has 7 nitrogen and oxygen atoms in total. The van der Waals surface area contributed by atoms with E-state index >= 15 is 0 Å². The Morgan fingerprint density at radius 1 is 0.571 bits per heavy atom. The maximum absolute atomic E-state index is 11.6. The Morgan fingerprint density at radius 2 is 0.964 bits per heavy atom. The van der Waals surface area contributed by atoms with Crippen molar-refractivity contribution in [1.29, 1.82) is 0 Å². The van der Waals surface area contributed by atoms with Gasteiger partial charge in [0.2, 0.25) is 5.91 Å². The van der Waals surface area contributed by atoms with E-state index in [0.29, 0.717) is 5.92 Å². The Bertz CT molecular complexity index is 1560. The fourth-order valence-corrected chi connectivity index (χ4v) is 5.06. The van der Waals surface area contributed by atoms with Gasteiger partial charge in [-0.2, -0.15) is 0 Å². The summed E-state index contributed by atoms with van der Waals surface area (Å²) in [6, 6.07) is 19.4. The molecule has 56 heavy (non-hydrogen) atoms. The number of anilines is 3. The predicted octanol–water partition coefficient (Wildman–Crippen LogP) is 12.6. The third kappa shape index (κ3) is 23.1. The second-order valence-corrected chi connectivity index (χ2v) is 16.3. The molecule has 0 radical (unpaired) electrons. The molecule has 1 amide bonds. The molecule has 0 heterocycles. The summed E-state index contributed by atoms with van der Waals surface area (Å²) in [5.41, 5.74) is 16.8. The van der Waals surface area contributed by atoms with E-state index in [4.69, 9.17) is 5.73 Å². The first-order valence-electron chi connectivity index (χ1n) is 21.2. The summed E-state index contributed by atoms with van der Waals surface area (Å²) in [5, 5.41) is 6.45.